The second-order valence-corrected chi connectivity index (χ2v) is 8.47. The summed E-state index contributed by atoms with van der Waals surface area (Å²) in [5, 5.41) is 8.18. The van der Waals surface area contributed by atoms with Crippen molar-refractivity contribution in [2.75, 3.05) is 4.90 Å². The molecule has 2 heterocycles. The molecular formula is C27H23FN4OS. The second kappa shape index (κ2) is 9.19. The van der Waals surface area contributed by atoms with E-state index in [1.54, 1.807) is 12.1 Å². The Kier molecular flexibility index (Phi) is 5.94. The molecule has 0 aliphatic carbocycles. The van der Waals surface area contributed by atoms with Crippen molar-refractivity contribution in [3.8, 4) is 11.4 Å². The predicted octanol–water partition coefficient (Wildman–Crippen LogP) is 6.31. The van der Waals surface area contributed by atoms with Crippen molar-refractivity contribution >= 4 is 28.6 Å². The first-order chi connectivity index (χ1) is 16.5. The van der Waals surface area contributed by atoms with E-state index in [9.17, 15) is 4.39 Å². The lowest BCUT2D eigenvalue weighted by atomic mass is 9.94. The Morgan fingerprint density at radius 3 is 2.50 bits per heavy atom. The van der Waals surface area contributed by atoms with Crippen molar-refractivity contribution in [2.45, 2.75) is 26.3 Å². The van der Waals surface area contributed by atoms with Gasteiger partial charge in [0, 0.05) is 16.9 Å². The molecule has 5 rings (SSSR count). The zero-order chi connectivity index (χ0) is 23.7. The standard InChI is InChI=1S/C27H23FN4OS/c1-3-18-12-14-22(15-13-18)32-17(2)23(24(29-27(32)34)19-8-5-4-6-9-19)26-30-25(31-33-26)20-10-7-11-21(28)16-20/h4-16,24H,3H2,1-2H3,(H,29,34). The minimum atomic E-state index is -0.354. The molecule has 4 aromatic rings. The molecule has 1 aliphatic heterocycles. The van der Waals surface area contributed by atoms with Crippen LogP contribution in [0.1, 0.15) is 36.9 Å². The number of allylic oxidation sites excluding steroid dienone is 1. The second-order valence-electron chi connectivity index (χ2n) is 8.08. The minimum Gasteiger partial charge on any atom is -0.351 e. The molecule has 3 aromatic carbocycles. The lowest BCUT2D eigenvalue weighted by molar-refractivity contribution is 0.404. The van der Waals surface area contributed by atoms with Gasteiger partial charge < -0.3 is 9.84 Å². The van der Waals surface area contributed by atoms with Gasteiger partial charge in [0.2, 0.25) is 5.82 Å². The molecule has 7 heteroatoms. The molecule has 0 amide bonds. The zero-order valence-electron chi connectivity index (χ0n) is 18.8. The molecule has 0 spiro atoms. The highest BCUT2D eigenvalue weighted by Crippen LogP contribution is 2.39. The maximum Gasteiger partial charge on any atom is 0.258 e. The summed E-state index contributed by atoms with van der Waals surface area (Å²) in [7, 11) is 0. The van der Waals surface area contributed by atoms with Crippen molar-refractivity contribution < 1.29 is 8.91 Å². The topological polar surface area (TPSA) is 54.2 Å². The summed E-state index contributed by atoms with van der Waals surface area (Å²) in [6.07, 6.45) is 0.962. The van der Waals surface area contributed by atoms with Gasteiger partial charge in [-0.25, -0.2) is 4.39 Å². The average molecular weight is 471 g/mol. The number of thiocarbonyl (C=S) groups is 1. The van der Waals surface area contributed by atoms with E-state index in [0.717, 1.165) is 28.9 Å². The molecule has 0 saturated carbocycles. The lowest BCUT2D eigenvalue weighted by Crippen LogP contribution is -2.46. The van der Waals surface area contributed by atoms with E-state index in [-0.39, 0.29) is 11.9 Å². The van der Waals surface area contributed by atoms with Crippen molar-refractivity contribution in [2.24, 2.45) is 0 Å². The van der Waals surface area contributed by atoms with Crippen molar-refractivity contribution in [3.63, 3.8) is 0 Å². The molecule has 1 aliphatic rings. The molecule has 34 heavy (non-hydrogen) atoms. The largest absolute Gasteiger partial charge is 0.351 e. The summed E-state index contributed by atoms with van der Waals surface area (Å²) in [5.74, 6) is 0.331. The Balaban J connectivity index is 1.64. The number of hydrogen-bond donors (Lipinski definition) is 1. The highest BCUT2D eigenvalue weighted by molar-refractivity contribution is 7.80. The van der Waals surface area contributed by atoms with Crippen molar-refractivity contribution in [3.05, 3.63) is 107 Å². The molecule has 1 aromatic heterocycles. The monoisotopic (exact) mass is 470 g/mol. The van der Waals surface area contributed by atoms with Crippen LogP contribution in [0.25, 0.3) is 17.0 Å². The molecule has 1 unspecified atom stereocenters. The molecule has 0 bridgehead atoms. The number of aryl methyl sites for hydroxylation is 1. The van der Waals surface area contributed by atoms with Crippen LogP contribution in [0.5, 0.6) is 0 Å². The Labute approximate surface area is 202 Å². The predicted molar refractivity (Wildman–Crippen MR) is 136 cm³/mol. The SMILES string of the molecule is CCc1ccc(N2C(=S)NC(c3ccccc3)C(c3nc(-c4cccc(F)c4)no3)=C2C)cc1. The van der Waals surface area contributed by atoms with Crippen LogP contribution in [0.2, 0.25) is 0 Å². The fourth-order valence-corrected chi connectivity index (χ4v) is 4.55. The Morgan fingerprint density at radius 1 is 1.03 bits per heavy atom. The third-order valence-corrected chi connectivity index (χ3v) is 6.26. The number of anilines is 1. The van der Waals surface area contributed by atoms with Crippen LogP contribution in [0.3, 0.4) is 0 Å². The minimum absolute atomic E-state index is 0.277. The van der Waals surface area contributed by atoms with Gasteiger partial charge in [0.1, 0.15) is 5.82 Å². The maximum atomic E-state index is 13.8. The quantitative estimate of drug-likeness (QED) is 0.345. The Bertz CT molecular complexity index is 1360. The first-order valence-electron chi connectivity index (χ1n) is 11.1. The van der Waals surface area contributed by atoms with E-state index < -0.39 is 0 Å². The van der Waals surface area contributed by atoms with Gasteiger partial charge in [0.05, 0.1) is 11.6 Å². The van der Waals surface area contributed by atoms with Crippen LogP contribution in [0, 0.1) is 5.82 Å². The van der Waals surface area contributed by atoms with Gasteiger partial charge in [-0.1, -0.05) is 66.7 Å². The smallest absolute Gasteiger partial charge is 0.258 e. The van der Waals surface area contributed by atoms with E-state index in [4.69, 9.17) is 16.7 Å². The van der Waals surface area contributed by atoms with Crippen LogP contribution in [-0.4, -0.2) is 15.3 Å². The van der Waals surface area contributed by atoms with Crippen molar-refractivity contribution in [1.29, 1.82) is 0 Å². The fourth-order valence-electron chi connectivity index (χ4n) is 4.18. The summed E-state index contributed by atoms with van der Waals surface area (Å²) < 4.78 is 19.5. The molecule has 0 radical (unpaired) electrons. The number of hydrogen-bond acceptors (Lipinski definition) is 4. The highest BCUT2D eigenvalue weighted by atomic mass is 32.1. The summed E-state index contributed by atoms with van der Waals surface area (Å²) >= 11 is 5.80. The molecule has 0 saturated heterocycles. The normalized spacial score (nSPS) is 16.0. The van der Waals surface area contributed by atoms with E-state index in [1.807, 2.05) is 42.2 Å². The van der Waals surface area contributed by atoms with Gasteiger partial charge in [-0.15, -0.1) is 0 Å². The molecule has 5 nitrogen and oxygen atoms in total. The summed E-state index contributed by atoms with van der Waals surface area (Å²) in [4.78, 5) is 6.62. The number of rotatable bonds is 5. The van der Waals surface area contributed by atoms with Gasteiger partial charge in [-0.2, -0.15) is 4.98 Å². The molecule has 0 fully saturated rings. The van der Waals surface area contributed by atoms with Gasteiger partial charge >= 0.3 is 0 Å². The third-order valence-electron chi connectivity index (χ3n) is 5.96. The number of aromatic nitrogens is 2. The van der Waals surface area contributed by atoms with Crippen LogP contribution in [-0.2, 0) is 6.42 Å². The summed E-state index contributed by atoms with van der Waals surface area (Å²) in [5.41, 5.74) is 5.47. The van der Waals surface area contributed by atoms with Gasteiger partial charge in [-0.3, -0.25) is 4.90 Å². The van der Waals surface area contributed by atoms with Gasteiger partial charge in [0.15, 0.2) is 5.11 Å². The summed E-state index contributed by atoms with van der Waals surface area (Å²) in [6, 6.07) is 24.2. The van der Waals surface area contributed by atoms with Crippen LogP contribution in [0.4, 0.5) is 10.1 Å². The van der Waals surface area contributed by atoms with Crippen LogP contribution < -0.4 is 10.2 Å². The Morgan fingerprint density at radius 2 is 1.79 bits per heavy atom. The molecule has 170 valence electrons. The van der Waals surface area contributed by atoms with Gasteiger partial charge in [0.25, 0.3) is 5.89 Å². The van der Waals surface area contributed by atoms with E-state index in [0.29, 0.717) is 22.4 Å². The first kappa shape index (κ1) is 22.0. The van der Waals surface area contributed by atoms with E-state index in [2.05, 4.69) is 46.6 Å². The summed E-state index contributed by atoms with van der Waals surface area (Å²) in [6.45, 7) is 4.12. The zero-order valence-corrected chi connectivity index (χ0v) is 19.6. The lowest BCUT2D eigenvalue weighted by Gasteiger charge is -2.37. The number of nitrogens with zero attached hydrogens (tertiary/aromatic N) is 3. The van der Waals surface area contributed by atoms with E-state index >= 15 is 0 Å². The van der Waals surface area contributed by atoms with Crippen LogP contribution >= 0.6 is 12.2 Å². The number of halogens is 1. The van der Waals surface area contributed by atoms with E-state index in [1.165, 1.54) is 17.7 Å². The van der Waals surface area contributed by atoms with Crippen molar-refractivity contribution in [1.82, 2.24) is 15.5 Å². The molecule has 1 atom stereocenters. The number of benzene rings is 3. The van der Waals surface area contributed by atoms with Gasteiger partial charge in [-0.05, 0) is 61.0 Å². The molecular weight excluding hydrogens is 447 g/mol. The third kappa shape index (κ3) is 4.10. The highest BCUT2D eigenvalue weighted by Gasteiger charge is 2.34. The first-order valence-corrected chi connectivity index (χ1v) is 11.5. The fraction of sp³-hybridized carbons (Fsp3) is 0.148. The number of nitrogens with one attached hydrogen (secondary N) is 1. The Hall–Kier alpha value is -3.84. The maximum absolute atomic E-state index is 13.8. The van der Waals surface area contributed by atoms with Crippen LogP contribution in [0.15, 0.2) is 89.1 Å². The molecule has 1 N–H and O–H groups in total. The average Bonchev–Trinajstić information content (AvgIpc) is 3.34.